The van der Waals surface area contributed by atoms with Crippen LogP contribution < -0.4 is 0 Å². The van der Waals surface area contributed by atoms with E-state index in [1.807, 2.05) is 0 Å². The highest BCUT2D eigenvalue weighted by Crippen LogP contribution is 2.30. The maximum absolute atomic E-state index is 13.7. The molecule has 1 nitrogen and oxygen atoms in total. The van der Waals surface area contributed by atoms with Crippen molar-refractivity contribution in [2.45, 2.75) is 0 Å². The molecular weight excluding hydrogens is 350 g/mol. The molecule has 0 amide bonds. The van der Waals surface area contributed by atoms with Crippen molar-refractivity contribution >= 4 is 56.3 Å². The predicted octanol–water partition coefficient (Wildman–Crippen LogP) is 5.19. The molecule has 0 N–H and O–H groups in total. The number of rotatable bonds is 2. The molecule has 0 radical (unpaired) electrons. The predicted molar refractivity (Wildman–Crippen MR) is 71.9 cm³/mol. The van der Waals surface area contributed by atoms with Crippen molar-refractivity contribution in [3.8, 4) is 0 Å². The summed E-state index contributed by atoms with van der Waals surface area (Å²) in [6, 6.07) is 4.05. The van der Waals surface area contributed by atoms with Crippen LogP contribution in [0.15, 0.2) is 28.1 Å². The number of ketones is 1. The van der Waals surface area contributed by atoms with Gasteiger partial charge in [-0.25, -0.2) is 4.39 Å². The van der Waals surface area contributed by atoms with Crippen LogP contribution in [0.1, 0.15) is 15.2 Å². The van der Waals surface area contributed by atoms with Crippen molar-refractivity contribution in [2.24, 2.45) is 0 Å². The van der Waals surface area contributed by atoms with E-state index < -0.39 is 11.6 Å². The Morgan fingerprint density at radius 2 is 2.00 bits per heavy atom. The van der Waals surface area contributed by atoms with Gasteiger partial charge in [0.1, 0.15) is 5.82 Å². The molecule has 0 bridgehead atoms. The standard InChI is InChI=1S/C11H4BrCl2FOS/c12-6-4-9(15)5(3-8(6)14)10(16)11-7(13)1-2-17-11/h1-4H. The van der Waals surface area contributed by atoms with E-state index in [4.69, 9.17) is 23.2 Å². The third-order valence-electron chi connectivity index (χ3n) is 2.08. The summed E-state index contributed by atoms with van der Waals surface area (Å²) in [7, 11) is 0. The van der Waals surface area contributed by atoms with Crippen LogP contribution in [0.5, 0.6) is 0 Å². The lowest BCUT2D eigenvalue weighted by Gasteiger charge is -2.03. The number of benzene rings is 1. The van der Waals surface area contributed by atoms with Crippen molar-refractivity contribution in [1.29, 1.82) is 0 Å². The molecule has 17 heavy (non-hydrogen) atoms. The van der Waals surface area contributed by atoms with Crippen molar-refractivity contribution < 1.29 is 9.18 Å². The zero-order valence-electron chi connectivity index (χ0n) is 8.14. The van der Waals surface area contributed by atoms with Crippen LogP contribution in [0, 0.1) is 5.82 Å². The number of hydrogen-bond donors (Lipinski definition) is 0. The molecule has 0 aliphatic rings. The number of thiophene rings is 1. The second-order valence-electron chi connectivity index (χ2n) is 3.17. The third-order valence-corrected chi connectivity index (χ3v) is 4.62. The highest BCUT2D eigenvalue weighted by Gasteiger charge is 2.19. The molecule has 0 fully saturated rings. The van der Waals surface area contributed by atoms with Gasteiger partial charge in [-0.05, 0) is 39.5 Å². The van der Waals surface area contributed by atoms with Crippen molar-refractivity contribution in [2.75, 3.05) is 0 Å². The van der Waals surface area contributed by atoms with Crippen LogP contribution in [0.4, 0.5) is 4.39 Å². The minimum absolute atomic E-state index is 0.0810. The molecule has 1 aromatic heterocycles. The first-order valence-electron chi connectivity index (χ1n) is 4.43. The zero-order chi connectivity index (χ0) is 12.6. The number of halogens is 4. The van der Waals surface area contributed by atoms with Gasteiger partial charge in [0.2, 0.25) is 5.78 Å². The third kappa shape index (κ3) is 2.55. The fourth-order valence-corrected chi connectivity index (χ4v) is 2.85. The molecule has 88 valence electrons. The quantitative estimate of drug-likeness (QED) is 0.536. The summed E-state index contributed by atoms with van der Waals surface area (Å²) in [4.78, 5) is 12.3. The Morgan fingerprint density at radius 1 is 1.29 bits per heavy atom. The van der Waals surface area contributed by atoms with Crippen molar-refractivity contribution in [3.05, 3.63) is 54.4 Å². The van der Waals surface area contributed by atoms with Crippen molar-refractivity contribution in [1.82, 2.24) is 0 Å². The summed E-state index contributed by atoms with van der Waals surface area (Å²) >= 11 is 15.9. The van der Waals surface area contributed by atoms with Crippen LogP contribution in [0.2, 0.25) is 10.0 Å². The SMILES string of the molecule is O=C(c1cc(Cl)c(Br)cc1F)c1sccc1Cl. The van der Waals surface area contributed by atoms with E-state index in [0.717, 1.165) is 6.07 Å². The minimum Gasteiger partial charge on any atom is -0.288 e. The molecule has 0 saturated heterocycles. The molecule has 1 aromatic carbocycles. The number of hydrogen-bond acceptors (Lipinski definition) is 2. The Labute approximate surface area is 119 Å². The molecule has 2 rings (SSSR count). The summed E-state index contributed by atoms with van der Waals surface area (Å²) in [6.07, 6.45) is 0. The molecule has 6 heteroatoms. The summed E-state index contributed by atoms with van der Waals surface area (Å²) in [5.74, 6) is -1.09. The monoisotopic (exact) mass is 352 g/mol. The molecule has 2 aromatic rings. The van der Waals surface area contributed by atoms with Crippen LogP contribution in [-0.2, 0) is 0 Å². The Hall–Kier alpha value is -0.420. The summed E-state index contributed by atoms with van der Waals surface area (Å²) < 4.78 is 14.1. The van der Waals surface area contributed by atoms with Crippen LogP contribution in [0.25, 0.3) is 0 Å². The molecule has 0 unspecified atom stereocenters. The largest absolute Gasteiger partial charge is 0.288 e. The van der Waals surface area contributed by atoms with Gasteiger partial charge in [-0.3, -0.25) is 4.79 Å². The van der Waals surface area contributed by atoms with Gasteiger partial charge in [0, 0.05) is 4.47 Å². The number of carbonyl (C=O) groups is 1. The average Bonchev–Trinajstić information content (AvgIpc) is 2.69. The highest BCUT2D eigenvalue weighted by atomic mass is 79.9. The van der Waals surface area contributed by atoms with Crippen LogP contribution >= 0.6 is 50.5 Å². The molecular formula is C11H4BrCl2FOS. The fourth-order valence-electron chi connectivity index (χ4n) is 1.27. The summed E-state index contributed by atoms with van der Waals surface area (Å²) in [5, 5.41) is 2.27. The van der Waals surface area contributed by atoms with Gasteiger partial charge in [0.05, 0.1) is 20.5 Å². The van der Waals surface area contributed by atoms with Gasteiger partial charge in [0.15, 0.2) is 0 Å². The van der Waals surface area contributed by atoms with Crippen LogP contribution in [0.3, 0.4) is 0 Å². The zero-order valence-corrected chi connectivity index (χ0v) is 12.1. The Morgan fingerprint density at radius 3 is 2.59 bits per heavy atom. The van der Waals surface area contributed by atoms with E-state index in [-0.39, 0.29) is 10.6 Å². The molecule has 1 heterocycles. The highest BCUT2D eigenvalue weighted by molar-refractivity contribution is 9.10. The Kier molecular flexibility index (Phi) is 3.88. The maximum atomic E-state index is 13.7. The van der Waals surface area contributed by atoms with Gasteiger partial charge in [-0.2, -0.15) is 0 Å². The summed E-state index contributed by atoms with van der Waals surface area (Å²) in [5.41, 5.74) is -0.0810. The van der Waals surface area contributed by atoms with E-state index in [2.05, 4.69) is 15.9 Å². The second kappa shape index (κ2) is 5.06. The van der Waals surface area contributed by atoms with Gasteiger partial charge in [-0.1, -0.05) is 23.2 Å². The minimum atomic E-state index is -0.629. The molecule has 0 saturated carbocycles. The maximum Gasteiger partial charge on any atom is 0.207 e. The smallest absolute Gasteiger partial charge is 0.207 e. The van der Waals surface area contributed by atoms with Crippen molar-refractivity contribution in [3.63, 3.8) is 0 Å². The van der Waals surface area contributed by atoms with E-state index >= 15 is 0 Å². The average molecular weight is 354 g/mol. The Bertz CT molecular complexity index is 597. The lowest BCUT2D eigenvalue weighted by molar-refractivity contribution is 0.103. The van der Waals surface area contributed by atoms with E-state index in [0.29, 0.717) is 14.4 Å². The first-order chi connectivity index (χ1) is 8.00. The normalized spacial score (nSPS) is 10.6. The molecule has 0 aliphatic carbocycles. The first-order valence-corrected chi connectivity index (χ1v) is 6.86. The molecule has 0 atom stereocenters. The lowest BCUT2D eigenvalue weighted by atomic mass is 10.1. The van der Waals surface area contributed by atoms with Gasteiger partial charge in [-0.15, -0.1) is 11.3 Å². The van der Waals surface area contributed by atoms with Gasteiger partial charge >= 0.3 is 0 Å². The second-order valence-corrected chi connectivity index (χ2v) is 5.76. The lowest BCUT2D eigenvalue weighted by Crippen LogP contribution is -2.03. The van der Waals surface area contributed by atoms with Gasteiger partial charge in [0.25, 0.3) is 0 Å². The van der Waals surface area contributed by atoms with E-state index in [1.165, 1.54) is 17.4 Å². The fraction of sp³-hybridized carbons (Fsp3) is 0. The summed E-state index contributed by atoms with van der Waals surface area (Å²) in [6.45, 7) is 0. The molecule has 0 spiro atoms. The first kappa shape index (κ1) is 13.0. The Balaban J connectivity index is 2.52. The van der Waals surface area contributed by atoms with Crippen LogP contribution in [-0.4, -0.2) is 5.78 Å². The topological polar surface area (TPSA) is 17.1 Å². The van der Waals surface area contributed by atoms with E-state index in [1.54, 1.807) is 11.4 Å². The number of carbonyl (C=O) groups excluding carboxylic acids is 1. The van der Waals surface area contributed by atoms with E-state index in [9.17, 15) is 9.18 Å². The van der Waals surface area contributed by atoms with Gasteiger partial charge < -0.3 is 0 Å². The molecule has 0 aliphatic heterocycles.